The van der Waals surface area contributed by atoms with Crippen molar-refractivity contribution in [3.05, 3.63) is 21.9 Å². The van der Waals surface area contributed by atoms with E-state index in [0.717, 1.165) is 36.4 Å². The number of rotatable bonds is 3. The summed E-state index contributed by atoms with van der Waals surface area (Å²) in [5.74, 6) is 5.94. The van der Waals surface area contributed by atoms with Gasteiger partial charge in [-0.1, -0.05) is 11.8 Å². The van der Waals surface area contributed by atoms with Gasteiger partial charge in [0.05, 0.1) is 17.0 Å². The normalized spacial score (nSPS) is 16.3. The van der Waals surface area contributed by atoms with E-state index in [1.807, 2.05) is 23.4 Å². The van der Waals surface area contributed by atoms with Crippen molar-refractivity contribution in [1.29, 1.82) is 0 Å². The lowest BCUT2D eigenvalue weighted by Gasteiger charge is -2.35. The number of nitrogens with zero attached hydrogens (tertiary/aromatic N) is 2. The lowest BCUT2D eigenvalue weighted by atomic mass is 10.0. The van der Waals surface area contributed by atoms with Crippen molar-refractivity contribution in [3.63, 3.8) is 0 Å². The number of likely N-dealkylation sites (tertiary alicyclic amines) is 1. The number of hydrogen-bond acceptors (Lipinski definition) is 4. The summed E-state index contributed by atoms with van der Waals surface area (Å²) in [4.78, 5) is 17.6. The number of hydrogen-bond donors (Lipinski definition) is 1. The molecule has 21 heavy (non-hydrogen) atoms. The van der Waals surface area contributed by atoms with Crippen LogP contribution in [-0.2, 0) is 0 Å². The SMILES string of the molecule is CN1CCC(N(C)C(=O)c2csc(C#CCCO)c2)CC1. The van der Waals surface area contributed by atoms with Gasteiger partial charge < -0.3 is 14.9 Å². The number of carbonyl (C=O) groups excluding carboxylic acids is 1. The molecule has 0 saturated carbocycles. The summed E-state index contributed by atoms with van der Waals surface area (Å²) in [7, 11) is 4.02. The van der Waals surface area contributed by atoms with Crippen LogP contribution in [0.5, 0.6) is 0 Å². The Balaban J connectivity index is 1.98. The van der Waals surface area contributed by atoms with Gasteiger partial charge in [0, 0.05) is 24.9 Å². The van der Waals surface area contributed by atoms with Crippen molar-refractivity contribution >= 4 is 17.2 Å². The molecule has 114 valence electrons. The van der Waals surface area contributed by atoms with E-state index in [1.54, 1.807) is 0 Å². The summed E-state index contributed by atoms with van der Waals surface area (Å²) in [5.41, 5.74) is 0.717. The Hall–Kier alpha value is -1.35. The molecular formula is C16H22N2O2S. The summed E-state index contributed by atoms with van der Waals surface area (Å²) >= 11 is 1.48. The van der Waals surface area contributed by atoms with E-state index in [2.05, 4.69) is 23.8 Å². The first-order valence-electron chi connectivity index (χ1n) is 7.25. The standard InChI is InChI=1S/C16H22N2O2S/c1-17-8-6-14(7-9-17)18(2)16(20)13-11-15(21-12-13)5-3-4-10-19/h11-12,14,19H,4,6-10H2,1-2H3. The largest absolute Gasteiger partial charge is 0.395 e. The van der Waals surface area contributed by atoms with Crippen LogP contribution < -0.4 is 0 Å². The maximum Gasteiger partial charge on any atom is 0.254 e. The summed E-state index contributed by atoms with van der Waals surface area (Å²) < 4.78 is 0. The van der Waals surface area contributed by atoms with Gasteiger partial charge in [-0.3, -0.25) is 4.79 Å². The molecule has 0 unspecified atom stereocenters. The molecule has 2 heterocycles. The number of piperidine rings is 1. The number of aliphatic hydroxyl groups is 1. The summed E-state index contributed by atoms with van der Waals surface area (Å²) in [6, 6.07) is 2.18. The average Bonchev–Trinajstić information content (AvgIpc) is 2.96. The molecule has 0 radical (unpaired) electrons. The van der Waals surface area contributed by atoms with Gasteiger partial charge in [-0.25, -0.2) is 0 Å². The molecule has 1 N–H and O–H groups in total. The van der Waals surface area contributed by atoms with E-state index in [1.165, 1.54) is 11.3 Å². The van der Waals surface area contributed by atoms with E-state index in [-0.39, 0.29) is 12.5 Å². The van der Waals surface area contributed by atoms with Gasteiger partial charge in [-0.15, -0.1) is 11.3 Å². The molecule has 0 atom stereocenters. The third-order valence-corrected chi connectivity index (χ3v) is 4.70. The first-order valence-corrected chi connectivity index (χ1v) is 8.13. The summed E-state index contributed by atoms with van der Waals surface area (Å²) in [5, 5.41) is 10.6. The average molecular weight is 306 g/mol. The molecule has 1 saturated heterocycles. The molecule has 1 aliphatic heterocycles. The minimum Gasteiger partial charge on any atom is -0.395 e. The molecule has 5 heteroatoms. The Kier molecular flexibility index (Phi) is 5.80. The van der Waals surface area contributed by atoms with Crippen LogP contribution in [0.3, 0.4) is 0 Å². The van der Waals surface area contributed by atoms with Crippen LogP contribution >= 0.6 is 11.3 Å². The highest BCUT2D eigenvalue weighted by molar-refractivity contribution is 7.10. The van der Waals surface area contributed by atoms with Crippen molar-refractivity contribution in [1.82, 2.24) is 9.80 Å². The van der Waals surface area contributed by atoms with Gasteiger partial charge in [0.15, 0.2) is 0 Å². The first-order chi connectivity index (χ1) is 10.1. The molecule has 0 aliphatic carbocycles. The van der Waals surface area contributed by atoms with E-state index < -0.39 is 0 Å². The summed E-state index contributed by atoms with van der Waals surface area (Å²) in [6.07, 6.45) is 2.54. The molecule has 0 aromatic carbocycles. The van der Waals surface area contributed by atoms with Gasteiger partial charge >= 0.3 is 0 Å². The number of carbonyl (C=O) groups is 1. The molecule has 0 spiro atoms. The lowest BCUT2D eigenvalue weighted by molar-refractivity contribution is 0.0660. The van der Waals surface area contributed by atoms with Gasteiger partial charge in [-0.05, 0) is 39.0 Å². The minimum absolute atomic E-state index is 0.0724. The van der Waals surface area contributed by atoms with E-state index in [4.69, 9.17) is 5.11 Å². The Morgan fingerprint density at radius 3 is 2.90 bits per heavy atom. The molecule has 1 aromatic rings. The van der Waals surface area contributed by atoms with Crippen LogP contribution in [0.15, 0.2) is 11.4 Å². The highest BCUT2D eigenvalue weighted by atomic mass is 32.1. The second kappa shape index (κ2) is 7.60. The molecule has 2 rings (SSSR count). The molecule has 0 bridgehead atoms. The van der Waals surface area contributed by atoms with Crippen LogP contribution in [0.4, 0.5) is 0 Å². The highest BCUT2D eigenvalue weighted by Gasteiger charge is 2.25. The van der Waals surface area contributed by atoms with Crippen LogP contribution in [0, 0.1) is 11.8 Å². The fraction of sp³-hybridized carbons (Fsp3) is 0.562. The Morgan fingerprint density at radius 1 is 1.52 bits per heavy atom. The van der Waals surface area contributed by atoms with Crippen molar-refractivity contribution < 1.29 is 9.90 Å². The van der Waals surface area contributed by atoms with Crippen molar-refractivity contribution in [2.24, 2.45) is 0 Å². The van der Waals surface area contributed by atoms with Gasteiger partial charge in [0.2, 0.25) is 0 Å². The van der Waals surface area contributed by atoms with E-state index >= 15 is 0 Å². The Morgan fingerprint density at radius 2 is 2.24 bits per heavy atom. The number of amides is 1. The van der Waals surface area contributed by atoms with E-state index in [9.17, 15) is 4.79 Å². The van der Waals surface area contributed by atoms with Crippen molar-refractivity contribution in [2.45, 2.75) is 25.3 Å². The number of aliphatic hydroxyl groups excluding tert-OH is 1. The first kappa shape index (κ1) is 16.0. The molecule has 1 fully saturated rings. The summed E-state index contributed by atoms with van der Waals surface area (Å²) in [6.45, 7) is 2.16. The predicted octanol–water partition coefficient (Wildman–Crippen LogP) is 1.65. The maximum atomic E-state index is 12.5. The quantitative estimate of drug-likeness (QED) is 0.864. The zero-order valence-corrected chi connectivity index (χ0v) is 13.4. The monoisotopic (exact) mass is 306 g/mol. The Bertz CT molecular complexity index is 536. The molecular weight excluding hydrogens is 284 g/mol. The van der Waals surface area contributed by atoms with Gasteiger partial charge in [-0.2, -0.15) is 0 Å². The maximum absolute atomic E-state index is 12.5. The molecule has 1 aromatic heterocycles. The molecule has 4 nitrogen and oxygen atoms in total. The van der Waals surface area contributed by atoms with Crippen LogP contribution in [0.2, 0.25) is 0 Å². The van der Waals surface area contributed by atoms with Crippen LogP contribution in [0.1, 0.15) is 34.5 Å². The fourth-order valence-electron chi connectivity index (χ4n) is 2.47. The predicted molar refractivity (Wildman–Crippen MR) is 85.5 cm³/mol. The lowest BCUT2D eigenvalue weighted by Crippen LogP contribution is -2.44. The van der Waals surface area contributed by atoms with Gasteiger partial charge in [0.25, 0.3) is 5.91 Å². The topological polar surface area (TPSA) is 43.8 Å². The zero-order chi connectivity index (χ0) is 15.2. The van der Waals surface area contributed by atoms with Crippen molar-refractivity contribution in [2.75, 3.05) is 33.8 Å². The molecule has 1 aliphatic rings. The van der Waals surface area contributed by atoms with Gasteiger partial charge in [0.1, 0.15) is 0 Å². The zero-order valence-electron chi connectivity index (χ0n) is 12.6. The fourth-order valence-corrected chi connectivity index (χ4v) is 3.22. The van der Waals surface area contributed by atoms with E-state index in [0.29, 0.717) is 12.5 Å². The minimum atomic E-state index is 0.0724. The second-order valence-corrected chi connectivity index (χ2v) is 6.34. The third-order valence-electron chi connectivity index (χ3n) is 3.85. The molecule has 1 amide bonds. The smallest absolute Gasteiger partial charge is 0.254 e. The van der Waals surface area contributed by atoms with Crippen LogP contribution in [-0.4, -0.2) is 60.6 Å². The van der Waals surface area contributed by atoms with Crippen LogP contribution in [0.25, 0.3) is 0 Å². The number of thiophene rings is 1. The Labute approximate surface area is 130 Å². The third kappa shape index (κ3) is 4.31. The van der Waals surface area contributed by atoms with Crippen molar-refractivity contribution in [3.8, 4) is 11.8 Å². The highest BCUT2D eigenvalue weighted by Crippen LogP contribution is 2.20. The second-order valence-electron chi connectivity index (χ2n) is 5.43.